The van der Waals surface area contributed by atoms with Crippen LogP contribution in [-0.4, -0.2) is 16.3 Å². The fraction of sp³-hybridized carbons (Fsp3) is 0.214. The Balaban J connectivity index is 2.28. The van der Waals surface area contributed by atoms with Crippen LogP contribution < -0.4 is 5.73 Å². The Bertz CT molecular complexity index is 585. The predicted molar refractivity (Wildman–Crippen MR) is 73.5 cm³/mol. The zero-order chi connectivity index (χ0) is 13.0. The van der Waals surface area contributed by atoms with Gasteiger partial charge in [-0.2, -0.15) is 5.10 Å². The highest BCUT2D eigenvalue weighted by molar-refractivity contribution is 6.31. The van der Waals surface area contributed by atoms with Gasteiger partial charge in [0.05, 0.1) is 23.8 Å². The number of aromatic nitrogens is 2. The zero-order valence-electron chi connectivity index (χ0n) is 10.2. The van der Waals surface area contributed by atoms with Gasteiger partial charge in [-0.15, -0.1) is 0 Å². The Hall–Kier alpha value is -1.76. The van der Waals surface area contributed by atoms with Gasteiger partial charge in [-0.05, 0) is 18.6 Å². The first-order chi connectivity index (χ1) is 8.70. The molecule has 2 aromatic rings. The molecule has 1 heterocycles. The quantitative estimate of drug-likeness (QED) is 0.841. The van der Waals surface area contributed by atoms with Crippen LogP contribution in [-0.2, 0) is 6.54 Å². The second kappa shape index (κ2) is 5.72. The third-order valence-corrected chi connectivity index (χ3v) is 2.93. The second-order valence-corrected chi connectivity index (χ2v) is 4.33. The Morgan fingerprint density at radius 3 is 2.83 bits per heavy atom. The molecular formula is C14H14ClN3. The van der Waals surface area contributed by atoms with Crippen LogP contribution in [0.2, 0.25) is 5.02 Å². The summed E-state index contributed by atoms with van der Waals surface area (Å²) >= 11 is 5.99. The van der Waals surface area contributed by atoms with Crippen molar-refractivity contribution in [2.24, 2.45) is 5.73 Å². The highest BCUT2D eigenvalue weighted by atomic mass is 35.5. The Labute approximate surface area is 112 Å². The normalized spacial score (nSPS) is 9.94. The van der Waals surface area contributed by atoms with Crippen LogP contribution in [0.4, 0.5) is 0 Å². The van der Waals surface area contributed by atoms with Crippen molar-refractivity contribution in [1.29, 1.82) is 0 Å². The van der Waals surface area contributed by atoms with Gasteiger partial charge in [0.2, 0.25) is 0 Å². The van der Waals surface area contributed by atoms with Gasteiger partial charge in [0.15, 0.2) is 0 Å². The molecule has 0 atom stereocenters. The van der Waals surface area contributed by atoms with Gasteiger partial charge in [-0.1, -0.05) is 41.6 Å². The lowest BCUT2D eigenvalue weighted by Gasteiger charge is -2.04. The summed E-state index contributed by atoms with van der Waals surface area (Å²) in [4.78, 5) is 0. The molecule has 1 aromatic heterocycles. The van der Waals surface area contributed by atoms with E-state index in [9.17, 15) is 0 Å². The van der Waals surface area contributed by atoms with Crippen LogP contribution in [0.5, 0.6) is 0 Å². The summed E-state index contributed by atoms with van der Waals surface area (Å²) in [7, 11) is 0. The molecule has 0 aliphatic rings. The number of hydrogen-bond donors (Lipinski definition) is 1. The van der Waals surface area contributed by atoms with E-state index in [0.717, 1.165) is 16.8 Å². The van der Waals surface area contributed by atoms with E-state index in [1.807, 2.05) is 42.1 Å². The molecule has 92 valence electrons. The van der Waals surface area contributed by atoms with E-state index in [2.05, 4.69) is 16.9 Å². The molecule has 1 aromatic carbocycles. The summed E-state index contributed by atoms with van der Waals surface area (Å²) in [5.41, 5.74) is 8.32. The molecule has 0 saturated carbocycles. The van der Waals surface area contributed by atoms with E-state index >= 15 is 0 Å². The molecule has 2 N–H and O–H groups in total. The molecule has 0 radical (unpaired) electrons. The molecule has 4 heteroatoms. The Kier molecular flexibility index (Phi) is 4.03. The molecule has 0 aliphatic carbocycles. The minimum Gasteiger partial charge on any atom is -0.320 e. The summed E-state index contributed by atoms with van der Waals surface area (Å²) in [6.45, 7) is 2.91. The number of rotatable bonds is 2. The van der Waals surface area contributed by atoms with Gasteiger partial charge in [0.25, 0.3) is 0 Å². The van der Waals surface area contributed by atoms with Gasteiger partial charge >= 0.3 is 0 Å². The smallest absolute Gasteiger partial charge is 0.0815 e. The van der Waals surface area contributed by atoms with Crippen LogP contribution in [0, 0.1) is 18.8 Å². The molecule has 0 saturated heterocycles. The maximum atomic E-state index is 5.99. The van der Waals surface area contributed by atoms with Crippen molar-refractivity contribution in [2.75, 3.05) is 6.54 Å². The Morgan fingerprint density at radius 1 is 1.39 bits per heavy atom. The van der Waals surface area contributed by atoms with E-state index in [1.165, 1.54) is 0 Å². The summed E-state index contributed by atoms with van der Waals surface area (Å²) < 4.78 is 1.82. The van der Waals surface area contributed by atoms with Gasteiger partial charge in [-0.3, -0.25) is 4.68 Å². The SMILES string of the molecule is Cc1nn(Cc2ccccc2C#CCN)cc1Cl. The van der Waals surface area contributed by atoms with E-state index in [-0.39, 0.29) is 0 Å². The van der Waals surface area contributed by atoms with E-state index < -0.39 is 0 Å². The van der Waals surface area contributed by atoms with Crippen molar-refractivity contribution in [2.45, 2.75) is 13.5 Å². The predicted octanol–water partition coefficient (Wildman–Crippen LogP) is 2.20. The van der Waals surface area contributed by atoms with E-state index in [1.54, 1.807) is 0 Å². The van der Waals surface area contributed by atoms with Gasteiger partial charge in [0, 0.05) is 11.8 Å². The molecular weight excluding hydrogens is 246 g/mol. The number of halogens is 1. The minimum atomic E-state index is 0.362. The number of aryl methyl sites for hydroxylation is 1. The highest BCUT2D eigenvalue weighted by Gasteiger charge is 2.04. The number of nitrogens with two attached hydrogens (primary N) is 1. The van der Waals surface area contributed by atoms with Crippen LogP contribution >= 0.6 is 11.6 Å². The van der Waals surface area contributed by atoms with E-state index in [4.69, 9.17) is 17.3 Å². The van der Waals surface area contributed by atoms with Crippen LogP contribution in [0.25, 0.3) is 0 Å². The third kappa shape index (κ3) is 2.92. The second-order valence-electron chi connectivity index (χ2n) is 3.92. The molecule has 0 amide bonds. The number of benzene rings is 1. The summed E-state index contributed by atoms with van der Waals surface area (Å²) in [6.07, 6.45) is 1.82. The monoisotopic (exact) mass is 259 g/mol. The van der Waals surface area contributed by atoms with Gasteiger partial charge in [-0.25, -0.2) is 0 Å². The van der Waals surface area contributed by atoms with Crippen molar-refractivity contribution < 1.29 is 0 Å². The zero-order valence-corrected chi connectivity index (χ0v) is 10.9. The first-order valence-electron chi connectivity index (χ1n) is 5.67. The van der Waals surface area contributed by atoms with Crippen molar-refractivity contribution in [3.05, 3.63) is 52.3 Å². The molecule has 18 heavy (non-hydrogen) atoms. The topological polar surface area (TPSA) is 43.8 Å². The maximum absolute atomic E-state index is 5.99. The van der Waals surface area contributed by atoms with Gasteiger partial charge in [0.1, 0.15) is 0 Å². The molecule has 0 unspecified atom stereocenters. The summed E-state index contributed by atoms with van der Waals surface area (Å²) in [6, 6.07) is 7.97. The summed E-state index contributed by atoms with van der Waals surface area (Å²) in [5.74, 6) is 5.93. The largest absolute Gasteiger partial charge is 0.320 e. The lowest BCUT2D eigenvalue weighted by atomic mass is 10.1. The fourth-order valence-corrected chi connectivity index (χ4v) is 1.83. The van der Waals surface area contributed by atoms with Crippen LogP contribution in [0.1, 0.15) is 16.8 Å². The van der Waals surface area contributed by atoms with Crippen molar-refractivity contribution in [3.63, 3.8) is 0 Å². The van der Waals surface area contributed by atoms with Gasteiger partial charge < -0.3 is 5.73 Å². The third-order valence-electron chi connectivity index (χ3n) is 2.56. The molecule has 3 nitrogen and oxygen atoms in total. The average Bonchev–Trinajstić information content (AvgIpc) is 2.67. The molecule has 0 fully saturated rings. The lowest BCUT2D eigenvalue weighted by molar-refractivity contribution is 0.678. The Morgan fingerprint density at radius 2 is 2.17 bits per heavy atom. The molecule has 0 spiro atoms. The highest BCUT2D eigenvalue weighted by Crippen LogP contribution is 2.15. The van der Waals surface area contributed by atoms with Crippen molar-refractivity contribution in [1.82, 2.24) is 9.78 Å². The summed E-state index contributed by atoms with van der Waals surface area (Å²) in [5, 5.41) is 5.02. The average molecular weight is 260 g/mol. The van der Waals surface area contributed by atoms with Crippen molar-refractivity contribution >= 4 is 11.6 Å². The molecule has 2 rings (SSSR count). The molecule has 0 aliphatic heterocycles. The first-order valence-corrected chi connectivity index (χ1v) is 6.05. The number of nitrogens with zero attached hydrogens (tertiary/aromatic N) is 2. The first kappa shape index (κ1) is 12.7. The van der Waals surface area contributed by atoms with E-state index in [0.29, 0.717) is 18.1 Å². The fourth-order valence-electron chi connectivity index (χ4n) is 1.68. The lowest BCUT2D eigenvalue weighted by Crippen LogP contribution is -2.02. The maximum Gasteiger partial charge on any atom is 0.0815 e. The van der Waals surface area contributed by atoms with Crippen LogP contribution in [0.15, 0.2) is 30.5 Å². The van der Waals surface area contributed by atoms with Crippen molar-refractivity contribution in [3.8, 4) is 11.8 Å². The van der Waals surface area contributed by atoms with Crippen LogP contribution in [0.3, 0.4) is 0 Å². The number of hydrogen-bond acceptors (Lipinski definition) is 2. The standard InChI is InChI=1S/C14H14ClN3/c1-11-14(15)10-18(17-11)9-13-6-3-2-5-12(13)7-4-8-16/h2-3,5-6,10H,8-9,16H2,1H3. The minimum absolute atomic E-state index is 0.362. The molecule has 0 bridgehead atoms.